The third-order valence-electron chi connectivity index (χ3n) is 3.59. The van der Waals surface area contributed by atoms with Crippen LogP contribution >= 0.6 is 24.0 Å². The Balaban J connectivity index is 0.00000312. The third kappa shape index (κ3) is 5.49. The summed E-state index contributed by atoms with van der Waals surface area (Å²) in [6.45, 7) is 4.55. The Bertz CT molecular complexity index is 746. The molecule has 0 bridgehead atoms. The van der Waals surface area contributed by atoms with Crippen molar-refractivity contribution in [3.63, 3.8) is 0 Å². The molecule has 0 radical (unpaired) electrons. The SMILES string of the molecule is Cc1occc1C(=O)Nc1cc(Cl)ccc1C(=O)NCC(C)CN.Cl. The van der Waals surface area contributed by atoms with Gasteiger partial charge in [0.2, 0.25) is 0 Å². The van der Waals surface area contributed by atoms with Gasteiger partial charge in [-0.05, 0) is 43.7 Å². The second-order valence-corrected chi connectivity index (χ2v) is 6.02. The molecular formula is C17H21Cl2N3O3. The van der Waals surface area contributed by atoms with Crippen LogP contribution in [0.4, 0.5) is 5.69 Å². The summed E-state index contributed by atoms with van der Waals surface area (Å²) in [5.74, 6) is -0.00996. The van der Waals surface area contributed by atoms with Gasteiger partial charge in [-0.15, -0.1) is 12.4 Å². The Hall–Kier alpha value is -2.02. The number of anilines is 1. The summed E-state index contributed by atoms with van der Waals surface area (Å²) in [5.41, 5.74) is 6.62. The number of aryl methyl sites for hydroxylation is 1. The van der Waals surface area contributed by atoms with Gasteiger partial charge < -0.3 is 20.8 Å². The van der Waals surface area contributed by atoms with Gasteiger partial charge in [0, 0.05) is 11.6 Å². The minimum atomic E-state index is -0.368. The van der Waals surface area contributed by atoms with Crippen molar-refractivity contribution in [3.8, 4) is 0 Å². The molecule has 2 aromatic rings. The first kappa shape index (κ1) is 21.0. The molecule has 1 aromatic heterocycles. The summed E-state index contributed by atoms with van der Waals surface area (Å²) in [5, 5.41) is 5.92. The standard InChI is InChI=1S/C17H20ClN3O3.ClH/c1-10(8-19)9-20-16(22)14-4-3-12(18)7-15(14)21-17(23)13-5-6-24-11(13)2;/h3-7,10H,8-9,19H2,1-2H3,(H,20,22)(H,21,23);1H. The van der Waals surface area contributed by atoms with Crippen LogP contribution in [-0.2, 0) is 0 Å². The molecule has 0 aliphatic heterocycles. The molecule has 0 saturated carbocycles. The van der Waals surface area contributed by atoms with E-state index in [2.05, 4.69) is 10.6 Å². The lowest BCUT2D eigenvalue weighted by atomic mass is 10.1. The Kier molecular flexibility index (Phi) is 7.96. The largest absolute Gasteiger partial charge is 0.469 e. The van der Waals surface area contributed by atoms with Crippen molar-refractivity contribution in [2.75, 3.05) is 18.4 Å². The molecule has 136 valence electrons. The zero-order valence-electron chi connectivity index (χ0n) is 14.0. The van der Waals surface area contributed by atoms with Crippen molar-refractivity contribution in [2.24, 2.45) is 11.7 Å². The summed E-state index contributed by atoms with van der Waals surface area (Å²) in [4.78, 5) is 24.7. The summed E-state index contributed by atoms with van der Waals surface area (Å²) < 4.78 is 5.12. The molecule has 1 unspecified atom stereocenters. The predicted octanol–water partition coefficient (Wildman–Crippen LogP) is 3.24. The van der Waals surface area contributed by atoms with Gasteiger partial charge in [0.25, 0.3) is 11.8 Å². The zero-order valence-corrected chi connectivity index (χ0v) is 15.5. The lowest BCUT2D eigenvalue weighted by molar-refractivity contribution is 0.0949. The topological polar surface area (TPSA) is 97.4 Å². The van der Waals surface area contributed by atoms with E-state index < -0.39 is 0 Å². The number of furan rings is 1. The van der Waals surface area contributed by atoms with Crippen LogP contribution in [0.1, 0.15) is 33.4 Å². The summed E-state index contributed by atoms with van der Waals surface area (Å²) in [7, 11) is 0. The summed E-state index contributed by atoms with van der Waals surface area (Å²) in [6.07, 6.45) is 1.43. The van der Waals surface area contributed by atoms with E-state index in [0.717, 1.165) is 0 Å². The minimum absolute atomic E-state index is 0. The quantitative estimate of drug-likeness (QED) is 0.710. The molecule has 0 fully saturated rings. The van der Waals surface area contributed by atoms with Crippen LogP contribution in [0, 0.1) is 12.8 Å². The maximum Gasteiger partial charge on any atom is 0.259 e. The lowest BCUT2D eigenvalue weighted by Gasteiger charge is -2.14. The van der Waals surface area contributed by atoms with Crippen molar-refractivity contribution < 1.29 is 14.0 Å². The van der Waals surface area contributed by atoms with Crippen LogP contribution in [0.3, 0.4) is 0 Å². The van der Waals surface area contributed by atoms with E-state index >= 15 is 0 Å². The van der Waals surface area contributed by atoms with Gasteiger partial charge in [-0.1, -0.05) is 18.5 Å². The van der Waals surface area contributed by atoms with Gasteiger partial charge in [-0.25, -0.2) is 0 Å². The second-order valence-electron chi connectivity index (χ2n) is 5.59. The fourth-order valence-corrected chi connectivity index (χ4v) is 2.25. The van der Waals surface area contributed by atoms with Crippen LogP contribution in [0.2, 0.25) is 5.02 Å². The van der Waals surface area contributed by atoms with E-state index in [9.17, 15) is 9.59 Å². The average molecular weight is 386 g/mol. The Labute approximate surface area is 157 Å². The highest BCUT2D eigenvalue weighted by molar-refractivity contribution is 6.31. The number of carbonyl (C=O) groups excluding carboxylic acids is 2. The monoisotopic (exact) mass is 385 g/mol. The molecule has 0 aliphatic rings. The van der Waals surface area contributed by atoms with Crippen molar-refractivity contribution in [1.29, 1.82) is 0 Å². The Morgan fingerprint density at radius 3 is 2.56 bits per heavy atom. The molecule has 2 rings (SSSR count). The van der Waals surface area contributed by atoms with Crippen LogP contribution in [0.5, 0.6) is 0 Å². The molecule has 1 heterocycles. The highest BCUT2D eigenvalue weighted by Crippen LogP contribution is 2.22. The highest BCUT2D eigenvalue weighted by Gasteiger charge is 2.17. The number of nitrogens with two attached hydrogens (primary N) is 1. The molecule has 0 spiro atoms. The Morgan fingerprint density at radius 2 is 1.96 bits per heavy atom. The van der Waals surface area contributed by atoms with E-state index in [1.807, 2.05) is 6.92 Å². The number of benzene rings is 1. The first-order valence-corrected chi connectivity index (χ1v) is 7.93. The number of halogens is 2. The maximum absolute atomic E-state index is 12.4. The Morgan fingerprint density at radius 1 is 1.24 bits per heavy atom. The average Bonchev–Trinajstić information content (AvgIpc) is 2.98. The summed E-state index contributed by atoms with van der Waals surface area (Å²) >= 11 is 5.99. The number of hydrogen-bond acceptors (Lipinski definition) is 4. The maximum atomic E-state index is 12.4. The molecule has 1 aromatic carbocycles. The van der Waals surface area contributed by atoms with E-state index in [1.165, 1.54) is 12.3 Å². The van der Waals surface area contributed by atoms with Gasteiger partial charge in [0.05, 0.1) is 23.1 Å². The molecule has 0 saturated heterocycles. The van der Waals surface area contributed by atoms with E-state index in [4.69, 9.17) is 21.8 Å². The van der Waals surface area contributed by atoms with Crippen molar-refractivity contribution >= 4 is 41.5 Å². The number of hydrogen-bond donors (Lipinski definition) is 3. The number of carbonyl (C=O) groups is 2. The molecule has 1 atom stereocenters. The minimum Gasteiger partial charge on any atom is -0.469 e. The molecule has 6 nitrogen and oxygen atoms in total. The fourth-order valence-electron chi connectivity index (χ4n) is 2.07. The molecule has 25 heavy (non-hydrogen) atoms. The highest BCUT2D eigenvalue weighted by atomic mass is 35.5. The normalized spacial score (nSPS) is 11.4. The molecule has 4 N–H and O–H groups in total. The van der Waals surface area contributed by atoms with Gasteiger partial charge in [0.15, 0.2) is 0 Å². The van der Waals surface area contributed by atoms with Gasteiger partial charge in [0.1, 0.15) is 5.76 Å². The number of nitrogens with one attached hydrogen (secondary N) is 2. The fraction of sp³-hybridized carbons (Fsp3) is 0.294. The van der Waals surface area contributed by atoms with Gasteiger partial charge >= 0.3 is 0 Å². The van der Waals surface area contributed by atoms with E-state index in [0.29, 0.717) is 40.7 Å². The van der Waals surface area contributed by atoms with Crippen LogP contribution in [0.25, 0.3) is 0 Å². The van der Waals surface area contributed by atoms with Crippen molar-refractivity contribution in [2.45, 2.75) is 13.8 Å². The first-order valence-electron chi connectivity index (χ1n) is 7.55. The lowest BCUT2D eigenvalue weighted by Crippen LogP contribution is -2.32. The number of amides is 2. The van der Waals surface area contributed by atoms with Crippen LogP contribution in [-0.4, -0.2) is 24.9 Å². The molecule has 0 aliphatic carbocycles. The molecule has 8 heteroatoms. The smallest absolute Gasteiger partial charge is 0.259 e. The van der Waals surface area contributed by atoms with E-state index in [-0.39, 0.29) is 30.1 Å². The molecule has 2 amide bonds. The van der Waals surface area contributed by atoms with Crippen LogP contribution in [0.15, 0.2) is 34.9 Å². The zero-order chi connectivity index (χ0) is 17.7. The number of rotatable bonds is 6. The van der Waals surface area contributed by atoms with Gasteiger partial charge in [-0.2, -0.15) is 0 Å². The predicted molar refractivity (Wildman–Crippen MR) is 101 cm³/mol. The van der Waals surface area contributed by atoms with Crippen molar-refractivity contribution in [3.05, 3.63) is 52.4 Å². The van der Waals surface area contributed by atoms with E-state index in [1.54, 1.807) is 25.1 Å². The second kappa shape index (κ2) is 9.46. The van der Waals surface area contributed by atoms with Crippen molar-refractivity contribution in [1.82, 2.24) is 5.32 Å². The van der Waals surface area contributed by atoms with Crippen LogP contribution < -0.4 is 16.4 Å². The van der Waals surface area contributed by atoms with Gasteiger partial charge in [-0.3, -0.25) is 9.59 Å². The molecular weight excluding hydrogens is 365 g/mol. The first-order chi connectivity index (χ1) is 11.4. The third-order valence-corrected chi connectivity index (χ3v) is 3.83. The summed E-state index contributed by atoms with van der Waals surface area (Å²) in [6, 6.07) is 6.28.